The Kier molecular flexibility index (Phi) is 3.02. The molecule has 2 aromatic rings. The van der Waals surface area contributed by atoms with Crippen LogP contribution in [-0.2, 0) is 4.74 Å². The lowest BCUT2D eigenvalue weighted by Crippen LogP contribution is -2.32. The van der Waals surface area contributed by atoms with Gasteiger partial charge >= 0.3 is 0 Å². The number of aromatic nitrogens is 4. The zero-order chi connectivity index (χ0) is 13.6. The summed E-state index contributed by atoms with van der Waals surface area (Å²) in [7, 11) is 0. The highest BCUT2D eigenvalue weighted by atomic mass is 35.5. The summed E-state index contributed by atoms with van der Waals surface area (Å²) < 4.78 is 7.03. The first-order valence-electron chi connectivity index (χ1n) is 5.64. The third-order valence-electron chi connectivity index (χ3n) is 3.15. The number of fused-ring (bicyclic) bond motifs is 1. The summed E-state index contributed by atoms with van der Waals surface area (Å²) in [5.41, 5.74) is 6.53. The van der Waals surface area contributed by atoms with E-state index in [0.29, 0.717) is 11.2 Å². The lowest BCUT2D eigenvalue weighted by atomic mass is 10.1. The van der Waals surface area contributed by atoms with E-state index in [1.807, 2.05) is 0 Å². The van der Waals surface area contributed by atoms with E-state index in [0.717, 1.165) is 0 Å². The van der Waals surface area contributed by atoms with Gasteiger partial charge in [0.2, 0.25) is 0 Å². The fraction of sp³-hybridized carbons (Fsp3) is 0.500. The highest BCUT2D eigenvalue weighted by Crippen LogP contribution is 2.32. The molecule has 0 aromatic carbocycles. The predicted molar refractivity (Wildman–Crippen MR) is 66.4 cm³/mol. The van der Waals surface area contributed by atoms with Crippen molar-refractivity contribution in [1.29, 1.82) is 0 Å². The van der Waals surface area contributed by atoms with E-state index in [1.54, 1.807) is 0 Å². The summed E-state index contributed by atoms with van der Waals surface area (Å²) in [6, 6.07) is 0. The minimum atomic E-state index is -1.11. The summed E-state index contributed by atoms with van der Waals surface area (Å²) >= 11 is 5.67. The number of alkyl halides is 1. The lowest BCUT2D eigenvalue weighted by Gasteiger charge is -2.16. The molecule has 9 heteroatoms. The first-order valence-corrected chi connectivity index (χ1v) is 6.17. The normalized spacial score (nSPS) is 31.1. The van der Waals surface area contributed by atoms with E-state index < -0.39 is 24.5 Å². The molecular formula is C10H12ClN5O3. The van der Waals surface area contributed by atoms with Gasteiger partial charge in [-0.1, -0.05) is 0 Å². The van der Waals surface area contributed by atoms with Crippen molar-refractivity contribution in [2.24, 2.45) is 0 Å². The lowest BCUT2D eigenvalue weighted by molar-refractivity contribution is -0.0291. The molecule has 4 N–H and O–H groups in total. The highest BCUT2D eigenvalue weighted by molar-refractivity contribution is 6.18. The van der Waals surface area contributed by atoms with Crippen LogP contribution >= 0.6 is 11.6 Å². The van der Waals surface area contributed by atoms with Gasteiger partial charge in [-0.25, -0.2) is 15.0 Å². The molecule has 0 saturated carbocycles. The molecule has 1 saturated heterocycles. The highest BCUT2D eigenvalue weighted by Gasteiger charge is 2.43. The van der Waals surface area contributed by atoms with Gasteiger partial charge in [0.15, 0.2) is 17.7 Å². The van der Waals surface area contributed by atoms with Crippen LogP contribution in [0.15, 0.2) is 12.7 Å². The molecule has 4 atom stereocenters. The topological polar surface area (TPSA) is 119 Å². The van der Waals surface area contributed by atoms with Gasteiger partial charge in [-0.3, -0.25) is 4.57 Å². The Morgan fingerprint density at radius 2 is 2.11 bits per heavy atom. The Balaban J connectivity index is 2.04. The smallest absolute Gasteiger partial charge is 0.167 e. The number of hydrogen-bond acceptors (Lipinski definition) is 7. The molecule has 8 nitrogen and oxygen atoms in total. The number of hydrogen-bond donors (Lipinski definition) is 3. The Labute approximate surface area is 112 Å². The van der Waals surface area contributed by atoms with Crippen molar-refractivity contribution in [1.82, 2.24) is 19.5 Å². The molecule has 2 aromatic heterocycles. The first-order chi connectivity index (χ1) is 9.13. The minimum Gasteiger partial charge on any atom is -0.387 e. The van der Waals surface area contributed by atoms with Crippen LogP contribution in [0.2, 0.25) is 0 Å². The van der Waals surface area contributed by atoms with Crippen molar-refractivity contribution in [3.63, 3.8) is 0 Å². The molecule has 19 heavy (non-hydrogen) atoms. The van der Waals surface area contributed by atoms with Gasteiger partial charge < -0.3 is 20.7 Å². The van der Waals surface area contributed by atoms with Gasteiger partial charge in [0.25, 0.3) is 0 Å². The van der Waals surface area contributed by atoms with Crippen LogP contribution < -0.4 is 5.73 Å². The van der Waals surface area contributed by atoms with Crippen molar-refractivity contribution in [2.45, 2.75) is 24.5 Å². The van der Waals surface area contributed by atoms with Gasteiger partial charge in [0.05, 0.1) is 12.2 Å². The van der Waals surface area contributed by atoms with Crippen LogP contribution in [-0.4, -0.2) is 53.9 Å². The average Bonchev–Trinajstić information content (AvgIpc) is 2.94. The van der Waals surface area contributed by atoms with Crippen molar-refractivity contribution < 1.29 is 14.9 Å². The average molecular weight is 286 g/mol. The van der Waals surface area contributed by atoms with Crippen LogP contribution in [0.5, 0.6) is 0 Å². The molecule has 0 amide bonds. The maximum atomic E-state index is 10.0. The number of anilines is 1. The summed E-state index contributed by atoms with van der Waals surface area (Å²) in [6.45, 7) is 0. The largest absolute Gasteiger partial charge is 0.387 e. The number of aliphatic hydroxyl groups is 2. The number of nitrogens with two attached hydrogens (primary N) is 1. The van der Waals surface area contributed by atoms with Crippen molar-refractivity contribution in [3.8, 4) is 0 Å². The predicted octanol–water partition coefficient (Wildman–Crippen LogP) is -0.734. The summed E-state index contributed by atoms with van der Waals surface area (Å²) in [6.07, 6.45) is -0.882. The van der Waals surface area contributed by atoms with Crippen LogP contribution in [0, 0.1) is 0 Å². The van der Waals surface area contributed by atoms with E-state index in [1.165, 1.54) is 17.2 Å². The molecule has 0 unspecified atom stereocenters. The maximum Gasteiger partial charge on any atom is 0.167 e. The quantitative estimate of drug-likeness (QED) is 0.622. The summed E-state index contributed by atoms with van der Waals surface area (Å²) in [5, 5.41) is 19.8. The Bertz CT molecular complexity index is 606. The third-order valence-corrected chi connectivity index (χ3v) is 3.45. The Morgan fingerprint density at radius 1 is 1.32 bits per heavy atom. The number of aliphatic hydroxyl groups excluding tert-OH is 2. The maximum absolute atomic E-state index is 10.0. The third kappa shape index (κ3) is 1.84. The molecule has 0 aliphatic carbocycles. The van der Waals surface area contributed by atoms with E-state index in [4.69, 9.17) is 22.1 Å². The van der Waals surface area contributed by atoms with Crippen molar-refractivity contribution in [2.75, 3.05) is 11.6 Å². The fourth-order valence-electron chi connectivity index (χ4n) is 2.14. The van der Waals surface area contributed by atoms with Gasteiger partial charge in [0, 0.05) is 0 Å². The van der Waals surface area contributed by atoms with Crippen LogP contribution in [0.1, 0.15) is 6.23 Å². The van der Waals surface area contributed by atoms with Gasteiger partial charge in [-0.2, -0.15) is 0 Å². The Hall–Kier alpha value is -1.48. The molecule has 0 bridgehead atoms. The molecule has 0 radical (unpaired) electrons. The number of nitrogens with zero attached hydrogens (tertiary/aromatic N) is 4. The van der Waals surface area contributed by atoms with Crippen molar-refractivity contribution >= 4 is 28.6 Å². The van der Waals surface area contributed by atoms with Crippen molar-refractivity contribution in [3.05, 3.63) is 12.7 Å². The van der Waals surface area contributed by atoms with E-state index in [2.05, 4.69) is 15.0 Å². The molecular weight excluding hydrogens is 274 g/mol. The number of ether oxygens (including phenoxy) is 1. The Morgan fingerprint density at radius 3 is 2.79 bits per heavy atom. The van der Waals surface area contributed by atoms with Crippen LogP contribution in [0.25, 0.3) is 11.2 Å². The molecule has 102 valence electrons. The second-order valence-electron chi connectivity index (χ2n) is 4.28. The molecule has 3 rings (SSSR count). The first kappa shape index (κ1) is 12.5. The zero-order valence-electron chi connectivity index (χ0n) is 9.72. The number of halogens is 1. The molecule has 0 spiro atoms. The molecule has 1 aliphatic rings. The number of imidazole rings is 1. The van der Waals surface area contributed by atoms with Gasteiger partial charge in [-0.05, 0) is 0 Å². The monoisotopic (exact) mass is 285 g/mol. The minimum absolute atomic E-state index is 0.0818. The second kappa shape index (κ2) is 4.57. The van der Waals surface area contributed by atoms with Gasteiger partial charge in [-0.15, -0.1) is 11.6 Å². The SMILES string of the molecule is Nc1ncnc2c1ncn2[C@@H]1O[C@H](CCl)[C@@H](O)[C@@H]1O. The standard InChI is InChI=1S/C10H12ClN5O3/c11-1-4-6(17)7(18)10(19-4)16-3-15-5-8(12)13-2-14-9(5)16/h2-4,6-7,10,17-18H,1H2,(H2,12,13,14)/t4-,6-,7+,10-/m1/s1. The zero-order valence-corrected chi connectivity index (χ0v) is 10.5. The van der Waals surface area contributed by atoms with E-state index in [9.17, 15) is 10.2 Å². The van der Waals surface area contributed by atoms with E-state index in [-0.39, 0.29) is 11.7 Å². The van der Waals surface area contributed by atoms with Crippen LogP contribution in [0.4, 0.5) is 5.82 Å². The van der Waals surface area contributed by atoms with Crippen LogP contribution in [0.3, 0.4) is 0 Å². The second-order valence-corrected chi connectivity index (χ2v) is 4.59. The van der Waals surface area contributed by atoms with Gasteiger partial charge in [0.1, 0.15) is 30.2 Å². The number of rotatable bonds is 2. The van der Waals surface area contributed by atoms with E-state index >= 15 is 0 Å². The molecule has 1 fully saturated rings. The molecule has 1 aliphatic heterocycles. The molecule has 3 heterocycles. The number of nitrogen functional groups attached to an aromatic ring is 1. The summed E-state index contributed by atoms with van der Waals surface area (Å²) in [4.78, 5) is 12.0. The fourth-order valence-corrected chi connectivity index (χ4v) is 2.40. The summed E-state index contributed by atoms with van der Waals surface area (Å²) in [5.74, 6) is 0.323.